The number of nitrogens with one attached hydrogen (secondary N) is 2. The molecule has 0 heterocycles. The largest absolute Gasteiger partial charge is 0.416 e. The number of halogens is 3. The van der Waals surface area contributed by atoms with Crippen LogP contribution in [0.2, 0.25) is 0 Å². The third kappa shape index (κ3) is 5.09. The summed E-state index contributed by atoms with van der Waals surface area (Å²) in [4.78, 5) is 24.3. The summed E-state index contributed by atoms with van der Waals surface area (Å²) in [6.07, 6.45) is -3.26. The van der Waals surface area contributed by atoms with Gasteiger partial charge >= 0.3 is 6.18 Å². The lowest BCUT2D eigenvalue weighted by atomic mass is 10.1. The molecule has 2 N–H and O–H groups in total. The lowest BCUT2D eigenvalue weighted by Crippen LogP contribution is -2.29. The van der Waals surface area contributed by atoms with Gasteiger partial charge in [0.1, 0.15) is 0 Å². The highest BCUT2D eigenvalue weighted by molar-refractivity contribution is 5.99. The van der Waals surface area contributed by atoms with E-state index in [9.17, 15) is 22.8 Å². The molecule has 7 heteroatoms. The molecule has 0 aliphatic heterocycles. The van der Waals surface area contributed by atoms with E-state index in [0.717, 1.165) is 17.7 Å². The van der Waals surface area contributed by atoms with Gasteiger partial charge in [-0.15, -0.1) is 0 Å². The molecule has 2 amide bonds. The number of rotatable bonds is 6. The molecule has 0 bridgehead atoms. The Morgan fingerprint density at radius 1 is 0.926 bits per heavy atom. The quantitative estimate of drug-likeness (QED) is 0.809. The number of amides is 2. The fraction of sp³-hybridized carbons (Fsp3) is 0.300. The Kier molecular flexibility index (Phi) is 5.48. The molecule has 0 radical (unpaired) electrons. The Bertz CT molecular complexity index is 804. The number of benzene rings is 2. The van der Waals surface area contributed by atoms with Crippen LogP contribution in [0.3, 0.4) is 0 Å². The number of carbonyl (C=O) groups is 2. The molecule has 2 atom stereocenters. The van der Waals surface area contributed by atoms with Gasteiger partial charge in [0.25, 0.3) is 0 Å². The Hall–Kier alpha value is -2.83. The van der Waals surface area contributed by atoms with Crippen molar-refractivity contribution in [1.82, 2.24) is 5.32 Å². The van der Waals surface area contributed by atoms with Crippen molar-refractivity contribution >= 4 is 17.5 Å². The summed E-state index contributed by atoms with van der Waals surface area (Å²) in [5.41, 5.74) is 0.621. The molecule has 2 aromatic carbocycles. The van der Waals surface area contributed by atoms with E-state index >= 15 is 0 Å². The van der Waals surface area contributed by atoms with E-state index in [0.29, 0.717) is 19.4 Å². The van der Waals surface area contributed by atoms with Gasteiger partial charge < -0.3 is 10.6 Å². The van der Waals surface area contributed by atoms with Crippen molar-refractivity contribution in [1.29, 1.82) is 0 Å². The lowest BCUT2D eigenvalue weighted by Gasteiger charge is -2.09. The molecule has 142 valence electrons. The maximum absolute atomic E-state index is 12.5. The molecule has 3 rings (SSSR count). The van der Waals surface area contributed by atoms with E-state index < -0.39 is 17.7 Å². The second-order valence-corrected chi connectivity index (χ2v) is 6.54. The summed E-state index contributed by atoms with van der Waals surface area (Å²) in [6, 6.07) is 14.0. The van der Waals surface area contributed by atoms with Crippen molar-refractivity contribution in [3.8, 4) is 0 Å². The Balaban J connectivity index is 1.43. The zero-order valence-corrected chi connectivity index (χ0v) is 14.4. The van der Waals surface area contributed by atoms with E-state index in [2.05, 4.69) is 10.6 Å². The van der Waals surface area contributed by atoms with E-state index in [4.69, 9.17) is 0 Å². The number of hydrogen-bond acceptors (Lipinski definition) is 2. The maximum atomic E-state index is 12.5. The highest BCUT2D eigenvalue weighted by Crippen LogP contribution is 2.39. The van der Waals surface area contributed by atoms with Gasteiger partial charge in [0, 0.05) is 12.2 Å². The second kappa shape index (κ2) is 7.82. The number of anilines is 1. The molecular weight excluding hydrogens is 357 g/mol. The van der Waals surface area contributed by atoms with Crippen LogP contribution in [0.15, 0.2) is 54.6 Å². The average molecular weight is 376 g/mol. The van der Waals surface area contributed by atoms with Crippen molar-refractivity contribution in [3.63, 3.8) is 0 Å². The monoisotopic (exact) mass is 376 g/mol. The fourth-order valence-corrected chi connectivity index (χ4v) is 2.86. The van der Waals surface area contributed by atoms with Crippen LogP contribution < -0.4 is 10.6 Å². The molecule has 1 saturated carbocycles. The van der Waals surface area contributed by atoms with Crippen molar-refractivity contribution in [2.75, 3.05) is 11.9 Å². The third-order valence-electron chi connectivity index (χ3n) is 4.50. The molecule has 2 unspecified atom stereocenters. The molecule has 1 aliphatic carbocycles. The first-order valence-electron chi connectivity index (χ1n) is 8.64. The van der Waals surface area contributed by atoms with Crippen LogP contribution >= 0.6 is 0 Å². The van der Waals surface area contributed by atoms with Crippen molar-refractivity contribution in [2.24, 2.45) is 11.8 Å². The SMILES string of the molecule is O=C(NCCc1ccccc1)C1CC1C(=O)Nc1ccc(C(F)(F)F)cc1. The molecule has 4 nitrogen and oxygen atoms in total. The van der Waals surface area contributed by atoms with E-state index in [-0.39, 0.29) is 23.4 Å². The first-order chi connectivity index (χ1) is 12.8. The first-order valence-corrected chi connectivity index (χ1v) is 8.64. The van der Waals surface area contributed by atoms with Gasteiger partial charge in [-0.1, -0.05) is 30.3 Å². The molecule has 1 fully saturated rings. The number of alkyl halides is 3. The number of hydrogen-bond donors (Lipinski definition) is 2. The van der Waals surface area contributed by atoms with Gasteiger partial charge in [-0.2, -0.15) is 13.2 Å². The standard InChI is InChI=1S/C20H19F3N2O2/c21-20(22,23)14-6-8-15(9-7-14)25-19(27)17-12-16(17)18(26)24-11-10-13-4-2-1-3-5-13/h1-9,16-17H,10-12H2,(H,24,26)(H,25,27). The molecule has 0 spiro atoms. The van der Waals surface area contributed by atoms with Crippen LogP contribution in [0, 0.1) is 11.8 Å². The average Bonchev–Trinajstić information content (AvgIpc) is 3.43. The third-order valence-corrected chi connectivity index (χ3v) is 4.50. The van der Waals surface area contributed by atoms with Crippen molar-refractivity contribution in [3.05, 3.63) is 65.7 Å². The Labute approximate surface area is 154 Å². The van der Waals surface area contributed by atoms with Gasteiger partial charge in [-0.25, -0.2) is 0 Å². The highest BCUT2D eigenvalue weighted by atomic mass is 19.4. The van der Waals surface area contributed by atoms with E-state index in [1.54, 1.807) is 0 Å². The topological polar surface area (TPSA) is 58.2 Å². The van der Waals surface area contributed by atoms with Gasteiger partial charge in [-0.3, -0.25) is 9.59 Å². The maximum Gasteiger partial charge on any atom is 0.416 e. The van der Waals surface area contributed by atoms with E-state index in [1.807, 2.05) is 30.3 Å². The van der Waals surface area contributed by atoms with Crippen LogP contribution in [-0.4, -0.2) is 18.4 Å². The minimum Gasteiger partial charge on any atom is -0.356 e. The molecule has 1 aliphatic rings. The summed E-state index contributed by atoms with van der Waals surface area (Å²) >= 11 is 0. The van der Waals surface area contributed by atoms with Crippen LogP contribution in [0.4, 0.5) is 18.9 Å². The van der Waals surface area contributed by atoms with Gasteiger partial charge in [-0.05, 0) is 42.7 Å². The molecule has 0 aromatic heterocycles. The van der Waals surface area contributed by atoms with Crippen molar-refractivity contribution in [2.45, 2.75) is 19.0 Å². The minimum absolute atomic E-state index is 0.168. The normalized spacial score (nSPS) is 18.6. The summed E-state index contributed by atoms with van der Waals surface area (Å²) in [5.74, 6) is -1.34. The smallest absolute Gasteiger partial charge is 0.356 e. The molecular formula is C20H19F3N2O2. The van der Waals surface area contributed by atoms with E-state index in [1.165, 1.54) is 12.1 Å². The van der Waals surface area contributed by atoms with Gasteiger partial charge in [0.15, 0.2) is 0 Å². The predicted octanol–water partition coefficient (Wildman–Crippen LogP) is 3.64. The van der Waals surface area contributed by atoms with Crippen LogP contribution in [0.5, 0.6) is 0 Å². The fourth-order valence-electron chi connectivity index (χ4n) is 2.86. The number of carbonyl (C=O) groups excluding carboxylic acids is 2. The summed E-state index contributed by atoms with van der Waals surface area (Å²) in [7, 11) is 0. The molecule has 27 heavy (non-hydrogen) atoms. The zero-order chi connectivity index (χ0) is 19.4. The summed E-state index contributed by atoms with van der Waals surface area (Å²) < 4.78 is 37.6. The first kappa shape index (κ1) is 18.9. The second-order valence-electron chi connectivity index (χ2n) is 6.54. The lowest BCUT2D eigenvalue weighted by molar-refractivity contribution is -0.137. The van der Waals surface area contributed by atoms with Gasteiger partial charge in [0.05, 0.1) is 17.4 Å². The van der Waals surface area contributed by atoms with Crippen LogP contribution in [-0.2, 0) is 22.2 Å². The highest BCUT2D eigenvalue weighted by Gasteiger charge is 2.47. The van der Waals surface area contributed by atoms with Crippen LogP contribution in [0.1, 0.15) is 17.5 Å². The zero-order valence-electron chi connectivity index (χ0n) is 14.4. The molecule has 2 aromatic rings. The minimum atomic E-state index is -4.41. The Morgan fingerprint density at radius 2 is 1.56 bits per heavy atom. The van der Waals surface area contributed by atoms with Crippen LogP contribution in [0.25, 0.3) is 0 Å². The predicted molar refractivity (Wildman–Crippen MR) is 94.8 cm³/mol. The van der Waals surface area contributed by atoms with Gasteiger partial charge in [0.2, 0.25) is 11.8 Å². The molecule has 0 saturated heterocycles. The van der Waals surface area contributed by atoms with Crippen molar-refractivity contribution < 1.29 is 22.8 Å². The summed E-state index contributed by atoms with van der Waals surface area (Å²) in [6.45, 7) is 0.493. The summed E-state index contributed by atoms with van der Waals surface area (Å²) in [5, 5.41) is 5.38. The Morgan fingerprint density at radius 3 is 2.19 bits per heavy atom.